The number of halogens is 3. The average molecular weight is 334 g/mol. The summed E-state index contributed by atoms with van der Waals surface area (Å²) in [5.74, 6) is -2.36. The predicted molar refractivity (Wildman–Crippen MR) is 69.0 cm³/mol. The van der Waals surface area contributed by atoms with Crippen molar-refractivity contribution in [2.45, 2.75) is 38.3 Å². The average Bonchev–Trinajstić information content (AvgIpc) is 2.46. The molecule has 2 atom stereocenters. The molecule has 0 spiro atoms. The van der Waals surface area contributed by atoms with Gasteiger partial charge in [-0.1, -0.05) is 0 Å². The van der Waals surface area contributed by atoms with E-state index in [1.165, 1.54) is 0 Å². The Morgan fingerprint density at radius 3 is 2.17 bits per heavy atom. The summed E-state index contributed by atoms with van der Waals surface area (Å²) >= 11 is 0. The van der Waals surface area contributed by atoms with Crippen LogP contribution in [0.15, 0.2) is 0 Å². The second-order valence-electron chi connectivity index (χ2n) is 6.80. The first-order valence-corrected chi connectivity index (χ1v) is 7.66. The van der Waals surface area contributed by atoms with Gasteiger partial charge in [-0.05, 0) is 38.0 Å². The Balaban J connectivity index is 1.51. The number of alkyl halides is 3. The van der Waals surface area contributed by atoms with Gasteiger partial charge in [0.25, 0.3) is 0 Å². The van der Waals surface area contributed by atoms with Crippen LogP contribution in [0.3, 0.4) is 0 Å². The van der Waals surface area contributed by atoms with E-state index < -0.39 is 36.7 Å². The van der Waals surface area contributed by atoms with E-state index in [0.29, 0.717) is 25.2 Å². The summed E-state index contributed by atoms with van der Waals surface area (Å²) in [5, 5.41) is 0. The first kappa shape index (κ1) is 16.3. The van der Waals surface area contributed by atoms with E-state index in [2.05, 4.69) is 4.74 Å². The van der Waals surface area contributed by atoms with Crippen LogP contribution in [-0.4, -0.2) is 37.1 Å². The van der Waals surface area contributed by atoms with Crippen molar-refractivity contribution in [2.24, 2.45) is 23.2 Å². The fourth-order valence-electron chi connectivity index (χ4n) is 4.50. The Morgan fingerprint density at radius 2 is 1.61 bits per heavy atom. The molecule has 5 nitrogen and oxygen atoms in total. The minimum atomic E-state index is -5.05. The van der Waals surface area contributed by atoms with Crippen LogP contribution in [-0.2, 0) is 23.9 Å². The van der Waals surface area contributed by atoms with Crippen molar-refractivity contribution in [3.05, 3.63) is 0 Å². The molecule has 4 bridgehead atoms. The molecule has 8 heteroatoms. The zero-order valence-electron chi connectivity index (χ0n) is 12.4. The second kappa shape index (κ2) is 5.49. The van der Waals surface area contributed by atoms with E-state index in [4.69, 9.17) is 4.74 Å². The van der Waals surface area contributed by atoms with Crippen molar-refractivity contribution in [3.63, 3.8) is 0 Å². The van der Waals surface area contributed by atoms with E-state index in [0.717, 1.165) is 12.8 Å². The molecule has 0 heterocycles. The number of ether oxygens (including phenoxy) is 2. The van der Waals surface area contributed by atoms with Crippen LogP contribution >= 0.6 is 0 Å². The van der Waals surface area contributed by atoms with Gasteiger partial charge < -0.3 is 9.47 Å². The van der Waals surface area contributed by atoms with Gasteiger partial charge in [0.15, 0.2) is 0 Å². The predicted octanol–water partition coefficient (Wildman–Crippen LogP) is 2.03. The van der Waals surface area contributed by atoms with Crippen LogP contribution in [0.5, 0.6) is 0 Å². The highest BCUT2D eigenvalue weighted by atomic mass is 19.4. The van der Waals surface area contributed by atoms with Gasteiger partial charge in [-0.3, -0.25) is 9.59 Å². The minimum absolute atomic E-state index is 0.0862. The molecule has 2 unspecified atom stereocenters. The molecule has 0 aliphatic heterocycles. The summed E-state index contributed by atoms with van der Waals surface area (Å²) in [7, 11) is 0. The maximum atomic E-state index is 12.3. The summed E-state index contributed by atoms with van der Waals surface area (Å²) in [5.41, 5.74) is -0.682. The summed E-state index contributed by atoms with van der Waals surface area (Å²) in [4.78, 5) is 34.9. The van der Waals surface area contributed by atoms with Gasteiger partial charge in [0, 0.05) is 11.8 Å². The van der Waals surface area contributed by atoms with Crippen LogP contribution in [0.1, 0.15) is 32.1 Å². The molecule has 4 rings (SSSR count). The lowest BCUT2D eigenvalue weighted by Gasteiger charge is -2.53. The van der Waals surface area contributed by atoms with Crippen molar-refractivity contribution in [2.75, 3.05) is 13.2 Å². The molecule has 4 saturated carbocycles. The van der Waals surface area contributed by atoms with Gasteiger partial charge >= 0.3 is 18.1 Å². The first-order chi connectivity index (χ1) is 10.7. The van der Waals surface area contributed by atoms with Crippen molar-refractivity contribution >= 4 is 17.7 Å². The summed E-state index contributed by atoms with van der Waals surface area (Å²) in [6, 6.07) is 0. The Bertz CT molecular complexity index is 524. The van der Waals surface area contributed by atoms with Gasteiger partial charge in [0.2, 0.25) is 0 Å². The third-order valence-corrected chi connectivity index (χ3v) is 5.21. The number of esters is 2. The molecule has 0 radical (unpaired) electrons. The number of Topliss-reactive ketones (excluding diaryl/α,β-unsaturated/α-hetero) is 1. The van der Waals surface area contributed by atoms with Crippen LogP contribution in [0.2, 0.25) is 0 Å². The Kier molecular flexibility index (Phi) is 3.88. The molecule has 4 fully saturated rings. The molecular formula is C15H17F3O5. The zero-order valence-corrected chi connectivity index (χ0v) is 12.4. The fourth-order valence-corrected chi connectivity index (χ4v) is 4.50. The molecule has 0 aromatic rings. The van der Waals surface area contributed by atoms with Crippen molar-refractivity contribution in [1.29, 1.82) is 0 Å². The molecule has 0 N–H and O–H groups in total. The van der Waals surface area contributed by atoms with Gasteiger partial charge in [0.05, 0.1) is 5.41 Å². The lowest BCUT2D eigenvalue weighted by atomic mass is 9.49. The lowest BCUT2D eigenvalue weighted by molar-refractivity contribution is -0.202. The van der Waals surface area contributed by atoms with E-state index in [-0.39, 0.29) is 17.6 Å². The van der Waals surface area contributed by atoms with Crippen LogP contribution in [0.4, 0.5) is 13.2 Å². The monoisotopic (exact) mass is 334 g/mol. The number of carbonyl (C=O) groups is 3. The molecule has 128 valence electrons. The second-order valence-corrected chi connectivity index (χ2v) is 6.80. The fraction of sp³-hybridized carbons (Fsp3) is 0.800. The van der Waals surface area contributed by atoms with Gasteiger partial charge in [-0.2, -0.15) is 13.2 Å². The van der Waals surface area contributed by atoms with Crippen molar-refractivity contribution in [3.8, 4) is 0 Å². The van der Waals surface area contributed by atoms with Crippen LogP contribution in [0.25, 0.3) is 0 Å². The zero-order chi connectivity index (χ0) is 16.8. The third kappa shape index (κ3) is 2.95. The molecule has 0 aromatic carbocycles. The van der Waals surface area contributed by atoms with E-state index in [1.54, 1.807) is 0 Å². The van der Waals surface area contributed by atoms with E-state index >= 15 is 0 Å². The number of ketones is 1. The smallest absolute Gasteiger partial charge is 0.462 e. The quantitative estimate of drug-likeness (QED) is 0.581. The maximum absolute atomic E-state index is 12.3. The Morgan fingerprint density at radius 1 is 1.04 bits per heavy atom. The highest BCUT2D eigenvalue weighted by molar-refractivity contribution is 5.89. The number of hydrogen-bond acceptors (Lipinski definition) is 5. The van der Waals surface area contributed by atoms with Crippen LogP contribution < -0.4 is 0 Å². The molecule has 4 aliphatic carbocycles. The van der Waals surface area contributed by atoms with Gasteiger partial charge in [0.1, 0.15) is 19.0 Å². The highest BCUT2D eigenvalue weighted by Gasteiger charge is 2.59. The van der Waals surface area contributed by atoms with Crippen molar-refractivity contribution in [1.82, 2.24) is 0 Å². The van der Waals surface area contributed by atoms with Gasteiger partial charge in [-0.25, -0.2) is 4.79 Å². The Hall–Kier alpha value is -1.60. The maximum Gasteiger partial charge on any atom is 0.490 e. The Labute approximate surface area is 130 Å². The van der Waals surface area contributed by atoms with Crippen LogP contribution in [0, 0.1) is 23.2 Å². The minimum Gasteiger partial charge on any atom is -0.462 e. The number of hydrogen-bond donors (Lipinski definition) is 0. The SMILES string of the molecule is O=C1C2CC3CC1CC(C(=O)OCCOC(=O)C(F)(F)F)(C3)C2. The summed E-state index contributed by atoms with van der Waals surface area (Å²) in [6.45, 7) is -1.04. The molecule has 23 heavy (non-hydrogen) atoms. The summed E-state index contributed by atoms with van der Waals surface area (Å²) < 4.78 is 44.9. The standard InChI is InChI=1S/C15H17F3O5/c16-15(17,18)13(21)23-2-1-22-12(20)14-5-8-3-9(6-14)11(19)10(4-8)7-14/h8-10H,1-7H2. The van der Waals surface area contributed by atoms with Crippen molar-refractivity contribution < 1.29 is 37.0 Å². The summed E-state index contributed by atoms with van der Waals surface area (Å²) in [6.07, 6.45) is -1.78. The van der Waals surface area contributed by atoms with E-state index in [1.807, 2.05) is 0 Å². The van der Waals surface area contributed by atoms with Gasteiger partial charge in [-0.15, -0.1) is 0 Å². The topological polar surface area (TPSA) is 69.7 Å². The molecule has 4 aliphatic rings. The number of rotatable bonds is 4. The molecule has 0 saturated heterocycles. The largest absolute Gasteiger partial charge is 0.490 e. The third-order valence-electron chi connectivity index (χ3n) is 5.21. The lowest BCUT2D eigenvalue weighted by Crippen LogP contribution is -2.55. The molecule has 0 aromatic heterocycles. The molecular weight excluding hydrogens is 317 g/mol. The highest BCUT2D eigenvalue weighted by Crippen LogP contribution is 2.58. The first-order valence-electron chi connectivity index (χ1n) is 7.66. The number of carbonyl (C=O) groups excluding carboxylic acids is 3. The normalized spacial score (nSPS) is 35.3. The van der Waals surface area contributed by atoms with E-state index in [9.17, 15) is 27.6 Å². The molecule has 0 amide bonds.